The second kappa shape index (κ2) is 8.19. The number of rotatable bonds is 6. The van der Waals surface area contributed by atoms with Crippen molar-refractivity contribution in [2.45, 2.75) is 37.9 Å². The minimum Gasteiger partial charge on any atom is -0.299 e. The molecule has 1 saturated heterocycles. The molecule has 1 fully saturated rings. The fourth-order valence-electron chi connectivity index (χ4n) is 4.73. The average molecular weight is 411 g/mol. The van der Waals surface area contributed by atoms with Gasteiger partial charge in [-0.1, -0.05) is 12.1 Å². The van der Waals surface area contributed by atoms with Gasteiger partial charge in [0.25, 0.3) is 0 Å². The van der Waals surface area contributed by atoms with E-state index in [9.17, 15) is 18.8 Å². The Balaban J connectivity index is 1.39. The number of likely N-dealkylation sites (tertiary alicyclic amines) is 1. The molecule has 6 heteroatoms. The number of Topliss-reactive ketones (excluding diaryl/α,β-unsaturated/α-hetero) is 1. The molecule has 0 spiro atoms. The van der Waals surface area contributed by atoms with Gasteiger partial charge in [-0.2, -0.15) is 0 Å². The minimum absolute atomic E-state index is 0.0509. The van der Waals surface area contributed by atoms with E-state index in [1.165, 1.54) is 24.3 Å². The lowest BCUT2D eigenvalue weighted by Gasteiger charge is -2.34. The number of benzene rings is 2. The third-order valence-electron chi connectivity index (χ3n) is 6.30. The highest BCUT2D eigenvalue weighted by Gasteiger charge is 2.47. The van der Waals surface area contributed by atoms with E-state index in [1.54, 1.807) is 6.07 Å². The summed E-state index contributed by atoms with van der Waals surface area (Å²) in [6, 6.07) is 9.34. The van der Waals surface area contributed by atoms with E-state index in [1.807, 2.05) is 6.07 Å². The number of nitrogens with zero attached hydrogens (tertiary/aromatic N) is 1. The van der Waals surface area contributed by atoms with Crippen LogP contribution in [0.5, 0.6) is 0 Å². The van der Waals surface area contributed by atoms with E-state index < -0.39 is 11.5 Å². The Morgan fingerprint density at radius 3 is 2.43 bits per heavy atom. The van der Waals surface area contributed by atoms with E-state index in [0.29, 0.717) is 24.7 Å². The number of carbonyl (C=O) groups excluding carboxylic acids is 3. The maximum Gasteiger partial charge on any atom is 0.200 e. The standard InChI is InChI=1S/C24H23F2NO3/c25-21-3-1-2-17(8-21)13-27-6-4-16(5-7-27)11-24(26)12-18-9-19(14-28)20(15-29)10-22(18)23(24)30/h1-3,8-10,14-16H,4-7,11-13H2. The number of fused-ring (bicyclic) bond motifs is 1. The molecule has 2 aromatic carbocycles. The third kappa shape index (κ3) is 3.97. The molecule has 4 rings (SSSR count). The van der Waals surface area contributed by atoms with Crippen molar-refractivity contribution in [3.8, 4) is 0 Å². The second-order valence-electron chi connectivity index (χ2n) is 8.40. The van der Waals surface area contributed by atoms with Gasteiger partial charge >= 0.3 is 0 Å². The van der Waals surface area contributed by atoms with Crippen molar-refractivity contribution in [3.05, 3.63) is 70.0 Å². The Kier molecular flexibility index (Phi) is 5.60. The molecule has 1 unspecified atom stereocenters. The molecule has 1 heterocycles. The van der Waals surface area contributed by atoms with E-state index in [0.717, 1.165) is 31.5 Å². The van der Waals surface area contributed by atoms with Crippen LogP contribution < -0.4 is 0 Å². The topological polar surface area (TPSA) is 54.5 Å². The highest BCUT2D eigenvalue weighted by molar-refractivity contribution is 6.08. The van der Waals surface area contributed by atoms with Crippen LogP contribution in [0.1, 0.15) is 61.5 Å². The number of carbonyl (C=O) groups is 3. The maximum absolute atomic E-state index is 15.7. The van der Waals surface area contributed by atoms with Gasteiger partial charge in [-0.3, -0.25) is 19.3 Å². The summed E-state index contributed by atoms with van der Waals surface area (Å²) < 4.78 is 29.0. The van der Waals surface area contributed by atoms with Crippen LogP contribution >= 0.6 is 0 Å². The molecule has 30 heavy (non-hydrogen) atoms. The van der Waals surface area contributed by atoms with Gasteiger partial charge in [-0.15, -0.1) is 0 Å². The molecular formula is C24H23F2NO3. The Hall–Kier alpha value is -2.73. The number of aldehydes is 2. The first-order chi connectivity index (χ1) is 14.4. The molecule has 1 aliphatic heterocycles. The Morgan fingerprint density at radius 1 is 1.07 bits per heavy atom. The lowest BCUT2D eigenvalue weighted by Crippen LogP contribution is -2.38. The van der Waals surface area contributed by atoms with Crippen molar-refractivity contribution in [1.82, 2.24) is 4.90 Å². The number of alkyl halides is 1. The van der Waals surface area contributed by atoms with Crippen LogP contribution in [0.2, 0.25) is 0 Å². The van der Waals surface area contributed by atoms with Crippen LogP contribution in [0.15, 0.2) is 36.4 Å². The summed E-state index contributed by atoms with van der Waals surface area (Å²) >= 11 is 0. The number of piperidine rings is 1. The highest BCUT2D eigenvalue weighted by atomic mass is 19.1. The summed E-state index contributed by atoms with van der Waals surface area (Å²) in [6.07, 6.45) is 2.70. The van der Waals surface area contributed by atoms with Gasteiger partial charge in [-0.05, 0) is 73.7 Å². The predicted molar refractivity (Wildman–Crippen MR) is 108 cm³/mol. The summed E-state index contributed by atoms with van der Waals surface area (Å²) in [5.74, 6) is -0.759. The summed E-state index contributed by atoms with van der Waals surface area (Å²) in [6.45, 7) is 2.19. The largest absolute Gasteiger partial charge is 0.299 e. The highest BCUT2D eigenvalue weighted by Crippen LogP contribution is 2.40. The summed E-state index contributed by atoms with van der Waals surface area (Å²) in [4.78, 5) is 37.3. The molecule has 1 atom stereocenters. The van der Waals surface area contributed by atoms with Crippen molar-refractivity contribution in [1.29, 1.82) is 0 Å². The summed E-state index contributed by atoms with van der Waals surface area (Å²) in [5.41, 5.74) is -0.0564. The fraction of sp³-hybridized carbons (Fsp3) is 0.375. The lowest BCUT2D eigenvalue weighted by molar-refractivity contribution is 0.0587. The van der Waals surface area contributed by atoms with Gasteiger partial charge in [0.2, 0.25) is 5.78 Å². The van der Waals surface area contributed by atoms with E-state index in [2.05, 4.69) is 4.90 Å². The Morgan fingerprint density at radius 2 is 1.77 bits per heavy atom. The van der Waals surface area contributed by atoms with Crippen LogP contribution in [0.3, 0.4) is 0 Å². The van der Waals surface area contributed by atoms with E-state index >= 15 is 4.39 Å². The van der Waals surface area contributed by atoms with Crippen molar-refractivity contribution in [3.63, 3.8) is 0 Å². The fourth-order valence-corrected chi connectivity index (χ4v) is 4.73. The molecule has 0 bridgehead atoms. The van der Waals surface area contributed by atoms with Gasteiger partial charge in [0, 0.05) is 29.7 Å². The first-order valence-electron chi connectivity index (χ1n) is 10.2. The van der Waals surface area contributed by atoms with Gasteiger partial charge < -0.3 is 0 Å². The molecule has 0 aromatic heterocycles. The molecule has 0 radical (unpaired) electrons. The molecular weight excluding hydrogens is 388 g/mol. The molecule has 0 saturated carbocycles. The number of halogens is 2. The Labute approximate surface area is 173 Å². The Bertz CT molecular complexity index is 998. The third-order valence-corrected chi connectivity index (χ3v) is 6.30. The minimum atomic E-state index is -1.99. The van der Waals surface area contributed by atoms with Gasteiger partial charge in [0.1, 0.15) is 5.82 Å². The molecule has 156 valence electrons. The van der Waals surface area contributed by atoms with Gasteiger partial charge in [-0.25, -0.2) is 8.78 Å². The van der Waals surface area contributed by atoms with Crippen molar-refractivity contribution in [2.75, 3.05) is 13.1 Å². The molecule has 0 N–H and O–H groups in total. The zero-order chi connectivity index (χ0) is 21.3. The molecule has 2 aliphatic rings. The second-order valence-corrected chi connectivity index (χ2v) is 8.40. The van der Waals surface area contributed by atoms with Gasteiger partial charge in [0.05, 0.1) is 0 Å². The first-order valence-corrected chi connectivity index (χ1v) is 10.2. The molecule has 1 aliphatic carbocycles. The normalized spacial score (nSPS) is 22.1. The van der Waals surface area contributed by atoms with Crippen LogP contribution in [0, 0.1) is 11.7 Å². The van der Waals surface area contributed by atoms with Crippen LogP contribution in [0.4, 0.5) is 8.78 Å². The van der Waals surface area contributed by atoms with Crippen molar-refractivity contribution < 1.29 is 23.2 Å². The van der Waals surface area contributed by atoms with E-state index in [4.69, 9.17) is 0 Å². The molecule has 2 aromatic rings. The monoisotopic (exact) mass is 411 g/mol. The zero-order valence-corrected chi connectivity index (χ0v) is 16.6. The summed E-state index contributed by atoms with van der Waals surface area (Å²) in [7, 11) is 0. The van der Waals surface area contributed by atoms with E-state index in [-0.39, 0.29) is 41.3 Å². The van der Waals surface area contributed by atoms with Crippen LogP contribution in [-0.2, 0) is 13.0 Å². The van der Waals surface area contributed by atoms with Crippen LogP contribution in [0.25, 0.3) is 0 Å². The van der Waals surface area contributed by atoms with Crippen molar-refractivity contribution >= 4 is 18.4 Å². The number of ketones is 1. The quantitative estimate of drug-likeness (QED) is 0.669. The SMILES string of the molecule is O=Cc1cc2c(cc1C=O)C(=O)C(F)(CC1CCN(Cc3cccc(F)c3)CC1)C2. The number of hydrogen-bond acceptors (Lipinski definition) is 4. The van der Waals surface area contributed by atoms with Gasteiger partial charge in [0.15, 0.2) is 18.2 Å². The smallest absolute Gasteiger partial charge is 0.200 e. The summed E-state index contributed by atoms with van der Waals surface area (Å²) in [5, 5.41) is 0. The zero-order valence-electron chi connectivity index (χ0n) is 16.6. The predicted octanol–water partition coefficient (Wildman–Crippen LogP) is 4.20. The van der Waals surface area contributed by atoms with Crippen LogP contribution in [-0.4, -0.2) is 42.0 Å². The molecule has 4 nitrogen and oxygen atoms in total. The average Bonchev–Trinajstić information content (AvgIpc) is 2.98. The maximum atomic E-state index is 15.7. The molecule has 0 amide bonds. The first kappa shape index (κ1) is 20.5. The number of hydrogen-bond donors (Lipinski definition) is 0. The lowest BCUT2D eigenvalue weighted by atomic mass is 9.83. The van der Waals surface area contributed by atoms with Crippen molar-refractivity contribution in [2.24, 2.45) is 5.92 Å².